The van der Waals surface area contributed by atoms with Crippen molar-refractivity contribution in [2.75, 3.05) is 5.75 Å². The highest BCUT2D eigenvalue weighted by Gasteiger charge is 2.13. The molecule has 0 saturated carbocycles. The van der Waals surface area contributed by atoms with Crippen molar-refractivity contribution in [2.24, 2.45) is 7.05 Å². The summed E-state index contributed by atoms with van der Waals surface area (Å²) in [6.45, 7) is 0. The third-order valence-electron chi connectivity index (χ3n) is 3.84. The van der Waals surface area contributed by atoms with Crippen LogP contribution in [0.2, 0.25) is 0 Å². The summed E-state index contributed by atoms with van der Waals surface area (Å²) in [5.41, 5.74) is 1.75. The molecule has 140 valence electrons. The van der Waals surface area contributed by atoms with Crippen LogP contribution in [0.25, 0.3) is 0 Å². The van der Waals surface area contributed by atoms with E-state index in [0.29, 0.717) is 17.1 Å². The highest BCUT2D eigenvalue weighted by molar-refractivity contribution is 9.10. The first-order valence-corrected chi connectivity index (χ1v) is 11.1. The average molecular weight is 466 g/mol. The lowest BCUT2D eigenvalue weighted by Gasteiger charge is -2.04. The summed E-state index contributed by atoms with van der Waals surface area (Å²) in [7, 11) is 1.90. The molecule has 3 aromatic rings. The minimum Gasteiger partial charge on any atom is -0.308 e. The average Bonchev–Trinajstić information content (AvgIpc) is 3.02. The van der Waals surface area contributed by atoms with E-state index in [-0.39, 0.29) is 11.6 Å². The minimum absolute atomic E-state index is 0.0581. The van der Waals surface area contributed by atoms with Crippen molar-refractivity contribution in [3.05, 3.63) is 75.8 Å². The maximum Gasteiger partial charge on any atom is 0.191 e. The Bertz CT molecular complexity index is 914. The zero-order valence-corrected chi connectivity index (χ0v) is 17.8. The van der Waals surface area contributed by atoms with Crippen LogP contribution in [0, 0.1) is 5.82 Å². The fourth-order valence-corrected chi connectivity index (χ4v) is 4.34. The molecule has 3 rings (SSSR count). The van der Waals surface area contributed by atoms with Gasteiger partial charge in [-0.15, -0.1) is 22.0 Å². The molecule has 0 aliphatic carbocycles. The van der Waals surface area contributed by atoms with Gasteiger partial charge in [0.2, 0.25) is 0 Å². The second-order valence-electron chi connectivity index (χ2n) is 5.80. The summed E-state index contributed by atoms with van der Waals surface area (Å²) < 4.78 is 15.8. The Hall–Kier alpha value is -1.64. The van der Waals surface area contributed by atoms with Crippen LogP contribution < -0.4 is 0 Å². The highest BCUT2D eigenvalue weighted by Crippen LogP contribution is 2.22. The molecular weight excluding hydrogens is 449 g/mol. The predicted molar refractivity (Wildman–Crippen MR) is 112 cm³/mol. The van der Waals surface area contributed by atoms with E-state index in [1.807, 2.05) is 23.7 Å². The molecule has 8 heteroatoms. The number of Topliss-reactive ketones (excluding diaryl/α,β-unsaturated/α-hetero) is 1. The Morgan fingerprint density at radius 3 is 2.48 bits per heavy atom. The van der Waals surface area contributed by atoms with Crippen molar-refractivity contribution in [1.82, 2.24) is 14.8 Å². The summed E-state index contributed by atoms with van der Waals surface area (Å²) in [6.07, 6.45) is 0. The number of thioether (sulfide) groups is 2. The number of benzene rings is 2. The molecule has 0 unspecified atom stereocenters. The number of hydrogen-bond donors (Lipinski definition) is 0. The number of halogens is 2. The summed E-state index contributed by atoms with van der Waals surface area (Å²) in [5, 5.41) is 9.12. The first kappa shape index (κ1) is 20.1. The van der Waals surface area contributed by atoms with Gasteiger partial charge >= 0.3 is 0 Å². The van der Waals surface area contributed by atoms with E-state index >= 15 is 0 Å². The molecule has 0 saturated heterocycles. The predicted octanol–water partition coefficient (Wildman–Crippen LogP) is 5.13. The van der Waals surface area contributed by atoms with E-state index in [1.54, 1.807) is 36.0 Å². The molecule has 1 heterocycles. The SMILES string of the molecule is Cn1c(CSCc2ccc(F)cc2)nnc1SCC(=O)c1ccc(Br)cc1. The molecule has 0 aliphatic rings. The number of aromatic nitrogens is 3. The van der Waals surface area contributed by atoms with Crippen LogP contribution in [0.4, 0.5) is 4.39 Å². The standard InChI is InChI=1S/C19H17BrFN3OS2/c1-24-18(12-26-10-13-2-8-16(21)9-3-13)22-23-19(24)27-11-17(25)14-4-6-15(20)7-5-14/h2-9H,10-12H2,1H3. The molecule has 0 atom stereocenters. The number of carbonyl (C=O) groups excluding carboxylic acids is 1. The number of carbonyl (C=O) groups is 1. The van der Waals surface area contributed by atoms with Crippen molar-refractivity contribution in [3.8, 4) is 0 Å². The van der Waals surface area contributed by atoms with Crippen molar-refractivity contribution in [3.63, 3.8) is 0 Å². The third-order valence-corrected chi connectivity index (χ3v) is 6.39. The lowest BCUT2D eigenvalue weighted by atomic mass is 10.2. The number of nitrogens with zero attached hydrogens (tertiary/aromatic N) is 3. The summed E-state index contributed by atoms with van der Waals surface area (Å²) in [6, 6.07) is 13.8. The zero-order valence-electron chi connectivity index (χ0n) is 14.6. The molecule has 0 amide bonds. The van der Waals surface area contributed by atoms with Gasteiger partial charge in [-0.05, 0) is 29.8 Å². The van der Waals surface area contributed by atoms with E-state index < -0.39 is 0 Å². The smallest absolute Gasteiger partial charge is 0.191 e. The van der Waals surface area contributed by atoms with Crippen LogP contribution in [-0.4, -0.2) is 26.3 Å². The van der Waals surface area contributed by atoms with E-state index in [1.165, 1.54) is 23.9 Å². The fraction of sp³-hybridized carbons (Fsp3) is 0.211. The Balaban J connectivity index is 1.51. The van der Waals surface area contributed by atoms with Gasteiger partial charge in [0.05, 0.1) is 11.5 Å². The quantitative estimate of drug-likeness (QED) is 0.341. The van der Waals surface area contributed by atoms with E-state index in [9.17, 15) is 9.18 Å². The van der Waals surface area contributed by atoms with Crippen LogP contribution in [-0.2, 0) is 18.6 Å². The topological polar surface area (TPSA) is 47.8 Å². The van der Waals surface area contributed by atoms with Gasteiger partial charge in [0.25, 0.3) is 0 Å². The maximum absolute atomic E-state index is 12.9. The van der Waals surface area contributed by atoms with Gasteiger partial charge in [-0.25, -0.2) is 4.39 Å². The van der Waals surface area contributed by atoms with Gasteiger partial charge in [-0.3, -0.25) is 4.79 Å². The van der Waals surface area contributed by atoms with Crippen LogP contribution in [0.15, 0.2) is 58.2 Å². The van der Waals surface area contributed by atoms with Gasteiger partial charge in [0.1, 0.15) is 11.6 Å². The number of hydrogen-bond acceptors (Lipinski definition) is 5. The first-order chi connectivity index (χ1) is 13.0. The molecule has 0 aliphatic heterocycles. The van der Waals surface area contributed by atoms with Gasteiger partial charge in [0.15, 0.2) is 10.9 Å². The molecule has 27 heavy (non-hydrogen) atoms. The first-order valence-electron chi connectivity index (χ1n) is 8.15. The molecule has 4 nitrogen and oxygen atoms in total. The highest BCUT2D eigenvalue weighted by atomic mass is 79.9. The normalized spacial score (nSPS) is 10.9. The molecule has 0 radical (unpaired) electrons. The molecule has 1 aromatic heterocycles. The Morgan fingerprint density at radius 1 is 1.07 bits per heavy atom. The number of ketones is 1. The molecule has 0 N–H and O–H groups in total. The van der Waals surface area contributed by atoms with Gasteiger partial charge in [-0.2, -0.15) is 0 Å². The molecule has 2 aromatic carbocycles. The van der Waals surface area contributed by atoms with Crippen molar-refractivity contribution in [1.29, 1.82) is 0 Å². The number of rotatable bonds is 8. The largest absolute Gasteiger partial charge is 0.308 e. The second kappa shape index (κ2) is 9.52. The summed E-state index contributed by atoms with van der Waals surface area (Å²) in [5.74, 6) is 2.47. The zero-order chi connectivity index (χ0) is 19.2. The Morgan fingerprint density at radius 2 is 1.78 bits per heavy atom. The Labute approximate surface area is 174 Å². The van der Waals surface area contributed by atoms with Gasteiger partial charge in [-0.1, -0.05) is 52.0 Å². The lowest BCUT2D eigenvalue weighted by Crippen LogP contribution is -2.04. The molecular formula is C19H17BrFN3OS2. The maximum atomic E-state index is 12.9. The van der Waals surface area contributed by atoms with Crippen LogP contribution in [0.3, 0.4) is 0 Å². The Kier molecular flexibility index (Phi) is 7.09. The van der Waals surface area contributed by atoms with Crippen molar-refractivity contribution < 1.29 is 9.18 Å². The second-order valence-corrected chi connectivity index (χ2v) is 8.64. The van der Waals surface area contributed by atoms with Crippen molar-refractivity contribution in [2.45, 2.75) is 16.7 Å². The molecule has 0 spiro atoms. The fourth-order valence-electron chi connectivity index (χ4n) is 2.29. The lowest BCUT2D eigenvalue weighted by molar-refractivity contribution is 0.102. The van der Waals surface area contributed by atoms with Gasteiger partial charge < -0.3 is 4.57 Å². The third kappa shape index (κ3) is 5.67. The van der Waals surface area contributed by atoms with Crippen LogP contribution in [0.1, 0.15) is 21.7 Å². The molecule has 0 bridgehead atoms. The van der Waals surface area contributed by atoms with E-state index in [2.05, 4.69) is 26.1 Å². The van der Waals surface area contributed by atoms with Crippen LogP contribution >= 0.6 is 39.5 Å². The van der Waals surface area contributed by atoms with E-state index in [4.69, 9.17) is 0 Å². The molecule has 0 fully saturated rings. The summed E-state index contributed by atoms with van der Waals surface area (Å²) >= 11 is 6.44. The summed E-state index contributed by atoms with van der Waals surface area (Å²) in [4.78, 5) is 12.3. The monoisotopic (exact) mass is 465 g/mol. The van der Waals surface area contributed by atoms with Crippen LogP contribution in [0.5, 0.6) is 0 Å². The van der Waals surface area contributed by atoms with Crippen molar-refractivity contribution >= 4 is 45.2 Å². The van der Waals surface area contributed by atoms with E-state index in [0.717, 1.165) is 26.8 Å². The minimum atomic E-state index is -0.226. The van der Waals surface area contributed by atoms with Gasteiger partial charge in [0, 0.05) is 22.8 Å².